The van der Waals surface area contributed by atoms with Crippen molar-refractivity contribution in [3.05, 3.63) is 34.3 Å². The van der Waals surface area contributed by atoms with E-state index in [-0.39, 0.29) is 5.91 Å². The molecular weight excluding hydrogens is 358 g/mol. The van der Waals surface area contributed by atoms with E-state index in [9.17, 15) is 4.79 Å². The van der Waals surface area contributed by atoms with Gasteiger partial charge in [-0.1, -0.05) is 31.9 Å². The Labute approximate surface area is 124 Å². The molecular formula is C14H15Br2NO. The number of nitrogens with zero attached hydrogens (tertiary/aromatic N) is 1. The van der Waals surface area contributed by atoms with E-state index in [0.29, 0.717) is 16.9 Å². The number of halogens is 2. The first-order valence-electron chi connectivity index (χ1n) is 6.37. The molecule has 2 saturated heterocycles. The van der Waals surface area contributed by atoms with Gasteiger partial charge in [0.1, 0.15) is 0 Å². The van der Waals surface area contributed by atoms with E-state index in [0.717, 1.165) is 35.7 Å². The van der Waals surface area contributed by atoms with E-state index in [2.05, 4.69) is 36.8 Å². The minimum atomic E-state index is 0.203. The molecule has 0 spiro atoms. The number of fused-ring (bicyclic) bond motifs is 2. The quantitative estimate of drug-likeness (QED) is 0.683. The van der Waals surface area contributed by atoms with E-state index in [1.807, 2.05) is 24.3 Å². The predicted octanol–water partition coefficient (Wildman–Crippen LogP) is 3.98. The Kier molecular flexibility index (Phi) is 3.50. The lowest BCUT2D eigenvalue weighted by Crippen LogP contribution is -2.46. The number of carbonyl (C=O) groups is 1. The van der Waals surface area contributed by atoms with Gasteiger partial charge in [-0.3, -0.25) is 4.79 Å². The van der Waals surface area contributed by atoms with E-state index >= 15 is 0 Å². The third-order valence-corrected chi connectivity index (χ3v) is 5.28. The summed E-state index contributed by atoms with van der Waals surface area (Å²) in [5, 5.41) is 0. The van der Waals surface area contributed by atoms with Crippen LogP contribution in [0.1, 0.15) is 36.0 Å². The van der Waals surface area contributed by atoms with Crippen molar-refractivity contribution in [1.29, 1.82) is 0 Å². The molecule has 2 fully saturated rings. The summed E-state index contributed by atoms with van der Waals surface area (Å²) >= 11 is 7.11. The molecule has 0 N–H and O–H groups in total. The van der Waals surface area contributed by atoms with Crippen molar-refractivity contribution in [2.24, 2.45) is 0 Å². The van der Waals surface area contributed by atoms with Crippen molar-refractivity contribution in [2.75, 3.05) is 0 Å². The smallest absolute Gasteiger partial charge is 0.254 e. The third-order valence-electron chi connectivity index (χ3n) is 4.00. The zero-order valence-corrected chi connectivity index (χ0v) is 13.2. The molecule has 2 bridgehead atoms. The Morgan fingerprint density at radius 3 is 2.22 bits per heavy atom. The van der Waals surface area contributed by atoms with Crippen LogP contribution in [0.3, 0.4) is 0 Å². The topological polar surface area (TPSA) is 20.3 Å². The summed E-state index contributed by atoms with van der Waals surface area (Å²) in [6.45, 7) is 0. The van der Waals surface area contributed by atoms with Gasteiger partial charge in [0.25, 0.3) is 5.91 Å². The molecule has 18 heavy (non-hydrogen) atoms. The second-order valence-corrected chi connectivity index (χ2v) is 7.38. The lowest BCUT2D eigenvalue weighted by molar-refractivity contribution is 0.0603. The van der Waals surface area contributed by atoms with Gasteiger partial charge in [0.2, 0.25) is 0 Å². The van der Waals surface area contributed by atoms with Crippen LogP contribution in [-0.2, 0) is 0 Å². The molecule has 96 valence electrons. The standard InChI is InChI=1S/C14H15Br2NO/c15-10-3-1-9(2-4-10)14(18)17-12-5-6-13(17)8-11(16)7-12/h1-4,11-13H,5-8H2. The fraction of sp³-hybridized carbons (Fsp3) is 0.500. The number of hydrogen-bond donors (Lipinski definition) is 0. The van der Waals surface area contributed by atoms with Crippen molar-refractivity contribution in [3.8, 4) is 0 Å². The molecule has 2 aliphatic heterocycles. The van der Waals surface area contributed by atoms with Crippen LogP contribution in [-0.4, -0.2) is 27.7 Å². The predicted molar refractivity (Wildman–Crippen MR) is 79.1 cm³/mol. The first-order chi connectivity index (χ1) is 8.65. The fourth-order valence-corrected chi connectivity index (χ4v) is 4.31. The molecule has 2 heterocycles. The van der Waals surface area contributed by atoms with E-state index in [4.69, 9.17) is 0 Å². The molecule has 2 unspecified atom stereocenters. The van der Waals surface area contributed by atoms with Crippen LogP contribution >= 0.6 is 31.9 Å². The van der Waals surface area contributed by atoms with Crippen LogP contribution in [0.2, 0.25) is 0 Å². The molecule has 1 amide bonds. The molecule has 3 rings (SSSR count). The maximum absolute atomic E-state index is 12.6. The number of alkyl halides is 1. The van der Waals surface area contributed by atoms with Crippen LogP contribution in [0, 0.1) is 0 Å². The van der Waals surface area contributed by atoms with Crippen molar-refractivity contribution in [2.45, 2.75) is 42.6 Å². The number of piperidine rings is 1. The summed E-state index contributed by atoms with van der Waals surface area (Å²) in [4.78, 5) is 15.3. The maximum atomic E-state index is 12.6. The monoisotopic (exact) mass is 371 g/mol. The third kappa shape index (κ3) is 2.25. The van der Waals surface area contributed by atoms with Crippen molar-refractivity contribution < 1.29 is 4.79 Å². The van der Waals surface area contributed by atoms with Crippen LogP contribution in [0.5, 0.6) is 0 Å². The normalized spacial score (nSPS) is 30.6. The number of carbonyl (C=O) groups excluding carboxylic acids is 1. The molecule has 2 atom stereocenters. The zero-order chi connectivity index (χ0) is 12.7. The highest BCUT2D eigenvalue weighted by Gasteiger charge is 2.42. The molecule has 2 aliphatic rings. The lowest BCUT2D eigenvalue weighted by Gasteiger charge is -2.37. The first-order valence-corrected chi connectivity index (χ1v) is 8.08. The highest BCUT2D eigenvalue weighted by molar-refractivity contribution is 9.10. The zero-order valence-electron chi connectivity index (χ0n) is 9.98. The van der Waals surface area contributed by atoms with Crippen LogP contribution in [0.4, 0.5) is 0 Å². The average Bonchev–Trinajstić information content (AvgIpc) is 2.62. The summed E-state index contributed by atoms with van der Waals surface area (Å²) < 4.78 is 1.01. The SMILES string of the molecule is O=C(c1ccc(Br)cc1)N1C2CCC1CC(Br)C2. The molecule has 0 saturated carbocycles. The van der Waals surface area contributed by atoms with Gasteiger partial charge in [0, 0.05) is 26.9 Å². The van der Waals surface area contributed by atoms with Crippen molar-refractivity contribution in [3.63, 3.8) is 0 Å². The minimum absolute atomic E-state index is 0.203. The van der Waals surface area contributed by atoms with Crippen molar-refractivity contribution in [1.82, 2.24) is 4.90 Å². The molecule has 1 aromatic carbocycles. The maximum Gasteiger partial charge on any atom is 0.254 e. The van der Waals surface area contributed by atoms with Gasteiger partial charge < -0.3 is 4.90 Å². The van der Waals surface area contributed by atoms with Gasteiger partial charge in [-0.2, -0.15) is 0 Å². The Hall–Kier alpha value is -0.350. The second kappa shape index (κ2) is 4.97. The average molecular weight is 373 g/mol. The van der Waals surface area contributed by atoms with Gasteiger partial charge in [-0.25, -0.2) is 0 Å². The van der Waals surface area contributed by atoms with Gasteiger partial charge in [-0.15, -0.1) is 0 Å². The summed E-state index contributed by atoms with van der Waals surface area (Å²) in [6, 6.07) is 8.56. The molecule has 0 aromatic heterocycles. The summed E-state index contributed by atoms with van der Waals surface area (Å²) in [6.07, 6.45) is 4.52. The number of amides is 1. The number of hydrogen-bond acceptors (Lipinski definition) is 1. The van der Waals surface area contributed by atoms with Gasteiger partial charge in [-0.05, 0) is 49.9 Å². The summed E-state index contributed by atoms with van der Waals surface area (Å²) in [7, 11) is 0. The van der Waals surface area contributed by atoms with Crippen LogP contribution in [0.25, 0.3) is 0 Å². The fourth-order valence-electron chi connectivity index (χ4n) is 3.18. The number of benzene rings is 1. The van der Waals surface area contributed by atoms with Crippen LogP contribution in [0.15, 0.2) is 28.7 Å². The Bertz CT molecular complexity index is 445. The van der Waals surface area contributed by atoms with Crippen LogP contribution < -0.4 is 0 Å². The van der Waals surface area contributed by atoms with Gasteiger partial charge >= 0.3 is 0 Å². The van der Waals surface area contributed by atoms with E-state index < -0.39 is 0 Å². The summed E-state index contributed by atoms with van der Waals surface area (Å²) in [5.41, 5.74) is 0.808. The molecule has 0 radical (unpaired) electrons. The highest BCUT2D eigenvalue weighted by atomic mass is 79.9. The van der Waals surface area contributed by atoms with E-state index in [1.165, 1.54) is 0 Å². The Balaban J connectivity index is 1.83. The largest absolute Gasteiger partial charge is 0.333 e. The highest BCUT2D eigenvalue weighted by Crippen LogP contribution is 2.39. The summed E-state index contributed by atoms with van der Waals surface area (Å²) in [5.74, 6) is 0.203. The minimum Gasteiger partial charge on any atom is -0.333 e. The Morgan fingerprint density at radius 1 is 1.11 bits per heavy atom. The molecule has 0 aliphatic carbocycles. The Morgan fingerprint density at radius 2 is 1.67 bits per heavy atom. The molecule has 1 aromatic rings. The lowest BCUT2D eigenvalue weighted by atomic mass is 10.0. The van der Waals surface area contributed by atoms with Gasteiger partial charge in [0.15, 0.2) is 0 Å². The second-order valence-electron chi connectivity index (χ2n) is 5.17. The first kappa shape index (κ1) is 12.7. The molecule has 2 nitrogen and oxygen atoms in total. The number of rotatable bonds is 1. The van der Waals surface area contributed by atoms with Gasteiger partial charge in [0.05, 0.1) is 0 Å². The van der Waals surface area contributed by atoms with Crippen molar-refractivity contribution >= 4 is 37.8 Å². The van der Waals surface area contributed by atoms with E-state index in [1.54, 1.807) is 0 Å². The molecule has 4 heteroatoms.